The molecule has 5 heteroatoms. The fraction of sp³-hybridized carbons (Fsp3) is 0.529. The lowest BCUT2D eigenvalue weighted by atomic mass is 10.1. The second kappa shape index (κ2) is 10.1. The number of methoxy groups -OCH3 is 2. The molecule has 0 aliphatic heterocycles. The average molecular weight is 309 g/mol. The van der Waals surface area contributed by atoms with Crippen molar-refractivity contribution in [1.82, 2.24) is 0 Å². The smallest absolute Gasteiger partial charge is 0.373 e. The quantitative estimate of drug-likeness (QED) is 0.366. The molecule has 0 aliphatic carbocycles. The molecule has 0 aliphatic rings. The van der Waals surface area contributed by atoms with Crippen molar-refractivity contribution in [2.75, 3.05) is 14.2 Å². The first-order valence-corrected chi connectivity index (χ1v) is 7.55. The van der Waals surface area contributed by atoms with Gasteiger partial charge in [0.15, 0.2) is 0 Å². The lowest BCUT2D eigenvalue weighted by Crippen LogP contribution is -2.09. The number of rotatable bonds is 10. The van der Waals surface area contributed by atoms with Crippen LogP contribution in [0.1, 0.15) is 56.3 Å². The Morgan fingerprint density at radius 2 is 1.59 bits per heavy atom. The summed E-state index contributed by atoms with van der Waals surface area (Å²) in [7, 11) is 3.04. The van der Waals surface area contributed by atoms with E-state index in [-0.39, 0.29) is 0 Å². The molecular weight excluding hydrogens is 284 g/mol. The van der Waals surface area contributed by atoms with Crippen LogP contribution in [0.5, 0.6) is 11.5 Å². The summed E-state index contributed by atoms with van der Waals surface area (Å²) in [6.07, 6.45) is 6.06. The summed E-state index contributed by atoms with van der Waals surface area (Å²) in [6, 6.07) is 4.83. The van der Waals surface area contributed by atoms with E-state index in [9.17, 15) is 4.79 Å². The lowest BCUT2D eigenvalue weighted by molar-refractivity contribution is -0.233. The van der Waals surface area contributed by atoms with Crippen molar-refractivity contribution in [2.45, 2.75) is 46.0 Å². The first-order chi connectivity index (χ1) is 10.6. The average Bonchev–Trinajstić information content (AvgIpc) is 2.55. The van der Waals surface area contributed by atoms with E-state index in [2.05, 4.69) is 6.92 Å². The molecule has 1 radical (unpaired) electrons. The second-order valence-electron chi connectivity index (χ2n) is 5.07. The molecule has 0 bridgehead atoms. The summed E-state index contributed by atoms with van der Waals surface area (Å²) < 4.78 is 10.2. The maximum atomic E-state index is 12.0. The van der Waals surface area contributed by atoms with Crippen LogP contribution < -0.4 is 9.47 Å². The zero-order chi connectivity index (χ0) is 16.4. The minimum Gasteiger partial charge on any atom is -0.497 e. The van der Waals surface area contributed by atoms with Gasteiger partial charge in [-0.2, -0.15) is 4.89 Å². The van der Waals surface area contributed by atoms with Gasteiger partial charge in [-0.25, -0.2) is 4.79 Å². The van der Waals surface area contributed by atoms with Crippen LogP contribution in [0.2, 0.25) is 0 Å². The molecule has 0 atom stereocenters. The Labute approximate surface area is 132 Å². The lowest BCUT2D eigenvalue weighted by Gasteiger charge is -2.11. The topological polar surface area (TPSA) is 54.0 Å². The van der Waals surface area contributed by atoms with Crippen LogP contribution in [-0.4, -0.2) is 20.2 Å². The largest absolute Gasteiger partial charge is 0.497 e. The zero-order valence-electron chi connectivity index (χ0n) is 13.8. The minimum atomic E-state index is -0.579. The third-order valence-corrected chi connectivity index (χ3v) is 3.23. The predicted molar refractivity (Wildman–Crippen MR) is 83.7 cm³/mol. The van der Waals surface area contributed by atoms with Gasteiger partial charge in [0.2, 0.25) is 0 Å². The summed E-state index contributed by atoms with van der Waals surface area (Å²) in [5, 5.41) is 0. The standard InChI is InChI=1S/C17H25O5/c1-5-6-7-8-9-13(2)21-22-17(18)14-10-15(19-3)12-16(11-14)20-4/h10-12H,5-9H2,1-4H3. The van der Waals surface area contributed by atoms with Gasteiger partial charge in [0, 0.05) is 6.07 Å². The SMILES string of the molecule is CCCCCC[C](C)OOC(=O)c1cc(OC)cc(OC)c1. The molecule has 0 saturated heterocycles. The van der Waals surface area contributed by atoms with Crippen molar-refractivity contribution in [1.29, 1.82) is 0 Å². The van der Waals surface area contributed by atoms with Crippen LogP contribution in [0.15, 0.2) is 18.2 Å². The van der Waals surface area contributed by atoms with Gasteiger partial charge in [0.25, 0.3) is 0 Å². The predicted octanol–water partition coefficient (Wildman–Crippen LogP) is 4.31. The van der Waals surface area contributed by atoms with Gasteiger partial charge in [-0.05, 0) is 25.5 Å². The van der Waals surface area contributed by atoms with E-state index < -0.39 is 5.97 Å². The van der Waals surface area contributed by atoms with Gasteiger partial charge >= 0.3 is 5.97 Å². The maximum absolute atomic E-state index is 12.0. The fourth-order valence-corrected chi connectivity index (χ4v) is 1.92. The monoisotopic (exact) mass is 309 g/mol. The fourth-order valence-electron chi connectivity index (χ4n) is 1.92. The van der Waals surface area contributed by atoms with Gasteiger partial charge in [-0.3, -0.25) is 4.89 Å². The van der Waals surface area contributed by atoms with Crippen molar-refractivity contribution < 1.29 is 24.0 Å². The van der Waals surface area contributed by atoms with E-state index in [1.165, 1.54) is 27.1 Å². The number of hydrogen-bond acceptors (Lipinski definition) is 5. The highest BCUT2D eigenvalue weighted by Crippen LogP contribution is 2.23. The molecule has 0 spiro atoms. The van der Waals surface area contributed by atoms with Crippen molar-refractivity contribution in [3.63, 3.8) is 0 Å². The van der Waals surface area contributed by atoms with Crippen LogP contribution >= 0.6 is 0 Å². The molecule has 1 aromatic carbocycles. The highest BCUT2D eigenvalue weighted by molar-refractivity contribution is 5.90. The molecule has 123 valence electrons. The molecule has 0 fully saturated rings. The maximum Gasteiger partial charge on any atom is 0.373 e. The molecule has 0 heterocycles. The van der Waals surface area contributed by atoms with Crippen molar-refractivity contribution in [2.24, 2.45) is 0 Å². The number of hydrogen-bond donors (Lipinski definition) is 0. The molecule has 1 aromatic rings. The van der Waals surface area contributed by atoms with E-state index in [1.54, 1.807) is 18.2 Å². The summed E-state index contributed by atoms with van der Waals surface area (Å²) in [6.45, 7) is 3.97. The first-order valence-electron chi connectivity index (χ1n) is 7.55. The van der Waals surface area contributed by atoms with Crippen LogP contribution in [0.4, 0.5) is 0 Å². The molecule has 0 aromatic heterocycles. The van der Waals surface area contributed by atoms with E-state index in [0.29, 0.717) is 23.2 Å². The summed E-state index contributed by atoms with van der Waals surface area (Å²) in [5.41, 5.74) is 0.315. The molecule has 0 N–H and O–H groups in total. The summed E-state index contributed by atoms with van der Waals surface area (Å²) in [4.78, 5) is 21.9. The van der Waals surface area contributed by atoms with Crippen molar-refractivity contribution in [3.8, 4) is 11.5 Å². The van der Waals surface area contributed by atoms with Gasteiger partial charge < -0.3 is 9.47 Å². The Balaban J connectivity index is 2.47. The van der Waals surface area contributed by atoms with E-state index in [0.717, 1.165) is 19.3 Å². The summed E-state index contributed by atoms with van der Waals surface area (Å²) >= 11 is 0. The third kappa shape index (κ3) is 6.35. The van der Waals surface area contributed by atoms with Gasteiger partial charge in [0.05, 0.1) is 19.8 Å². The first kappa shape index (κ1) is 18.3. The number of ether oxygens (including phenoxy) is 2. The highest BCUT2D eigenvalue weighted by Gasteiger charge is 2.14. The second-order valence-corrected chi connectivity index (χ2v) is 5.07. The molecule has 1 rings (SSSR count). The molecule has 5 nitrogen and oxygen atoms in total. The van der Waals surface area contributed by atoms with Gasteiger partial charge in [-0.1, -0.05) is 32.6 Å². The van der Waals surface area contributed by atoms with E-state index >= 15 is 0 Å². The Morgan fingerprint density at radius 1 is 0.955 bits per heavy atom. The van der Waals surface area contributed by atoms with Crippen LogP contribution in [0.3, 0.4) is 0 Å². The summed E-state index contributed by atoms with van der Waals surface area (Å²) in [5.74, 6) is 0.461. The van der Waals surface area contributed by atoms with Crippen molar-refractivity contribution >= 4 is 5.97 Å². The number of carbonyl (C=O) groups excluding carboxylic acids is 1. The van der Waals surface area contributed by atoms with E-state index in [1.807, 2.05) is 6.92 Å². The number of benzene rings is 1. The molecule has 0 saturated carbocycles. The highest BCUT2D eigenvalue weighted by atomic mass is 17.2. The Morgan fingerprint density at radius 3 is 2.14 bits per heavy atom. The Hall–Kier alpha value is -1.75. The Bertz CT molecular complexity index is 436. The van der Waals surface area contributed by atoms with Gasteiger partial charge in [-0.15, -0.1) is 0 Å². The molecule has 0 unspecified atom stereocenters. The van der Waals surface area contributed by atoms with E-state index in [4.69, 9.17) is 19.2 Å². The van der Waals surface area contributed by atoms with Crippen LogP contribution in [0, 0.1) is 6.10 Å². The molecule has 0 amide bonds. The Kier molecular flexibility index (Phi) is 8.36. The minimum absolute atomic E-state index is 0.315. The molecule has 22 heavy (non-hydrogen) atoms. The third-order valence-electron chi connectivity index (χ3n) is 3.23. The van der Waals surface area contributed by atoms with Crippen molar-refractivity contribution in [3.05, 3.63) is 29.9 Å². The van der Waals surface area contributed by atoms with Crippen LogP contribution in [-0.2, 0) is 9.78 Å². The van der Waals surface area contributed by atoms with Gasteiger partial charge in [0.1, 0.15) is 17.6 Å². The normalized spacial score (nSPS) is 10.6. The number of carbonyl (C=O) groups is 1. The number of unbranched alkanes of at least 4 members (excludes halogenated alkanes) is 3. The van der Waals surface area contributed by atoms with Crippen LogP contribution in [0.25, 0.3) is 0 Å². The molecular formula is C17H25O5. The zero-order valence-corrected chi connectivity index (χ0v) is 13.8.